The zero-order chi connectivity index (χ0) is 16.4. The van der Waals surface area contributed by atoms with E-state index < -0.39 is 5.60 Å². The third kappa shape index (κ3) is 3.22. The van der Waals surface area contributed by atoms with E-state index in [-0.39, 0.29) is 18.1 Å². The molecule has 1 saturated carbocycles. The quantitative estimate of drug-likeness (QED) is 0.884. The molecule has 0 aliphatic heterocycles. The molecular formula is C17H20N2O4. The number of nitrogens with zero attached hydrogens (tertiary/aromatic N) is 1. The first-order valence-corrected chi connectivity index (χ1v) is 7.63. The number of aliphatic hydroxyl groups is 1. The van der Waals surface area contributed by atoms with Crippen molar-refractivity contribution in [3.8, 4) is 17.2 Å². The number of oxazole rings is 1. The van der Waals surface area contributed by atoms with Crippen LogP contribution in [0.5, 0.6) is 5.75 Å². The van der Waals surface area contributed by atoms with Crippen LogP contribution in [-0.4, -0.2) is 35.3 Å². The van der Waals surface area contributed by atoms with Crippen LogP contribution in [0.25, 0.3) is 11.5 Å². The lowest BCUT2D eigenvalue weighted by molar-refractivity contribution is -0.0300. The Morgan fingerprint density at radius 2 is 2.09 bits per heavy atom. The Hall–Kier alpha value is -2.34. The summed E-state index contributed by atoms with van der Waals surface area (Å²) < 4.78 is 10.7. The fourth-order valence-electron chi connectivity index (χ4n) is 2.55. The highest BCUT2D eigenvalue weighted by Gasteiger charge is 2.35. The van der Waals surface area contributed by atoms with Gasteiger partial charge in [-0.15, -0.1) is 0 Å². The molecule has 1 aromatic heterocycles. The predicted octanol–water partition coefficient (Wildman–Crippen LogP) is 2.30. The highest BCUT2D eigenvalue weighted by molar-refractivity contribution is 5.93. The van der Waals surface area contributed by atoms with Crippen molar-refractivity contribution in [3.05, 3.63) is 35.7 Å². The summed E-state index contributed by atoms with van der Waals surface area (Å²) in [6.45, 7) is 1.95. The maximum atomic E-state index is 12.2. The summed E-state index contributed by atoms with van der Waals surface area (Å²) in [7, 11) is 1.60. The molecular weight excluding hydrogens is 296 g/mol. The van der Waals surface area contributed by atoms with Crippen molar-refractivity contribution in [2.45, 2.75) is 31.8 Å². The molecule has 2 aromatic rings. The second-order valence-electron chi connectivity index (χ2n) is 5.91. The number of hydrogen-bond acceptors (Lipinski definition) is 5. The van der Waals surface area contributed by atoms with Crippen molar-refractivity contribution >= 4 is 5.91 Å². The van der Waals surface area contributed by atoms with Gasteiger partial charge in [-0.2, -0.15) is 0 Å². The van der Waals surface area contributed by atoms with Crippen LogP contribution in [0.2, 0.25) is 0 Å². The smallest absolute Gasteiger partial charge is 0.273 e. The average molecular weight is 316 g/mol. The van der Waals surface area contributed by atoms with Gasteiger partial charge in [0, 0.05) is 12.1 Å². The number of aryl methyl sites for hydroxylation is 1. The molecule has 0 atom stereocenters. The van der Waals surface area contributed by atoms with E-state index >= 15 is 0 Å². The lowest BCUT2D eigenvalue weighted by Crippen LogP contribution is -2.47. The van der Waals surface area contributed by atoms with Crippen LogP contribution in [0.1, 0.15) is 35.5 Å². The highest BCUT2D eigenvalue weighted by atomic mass is 16.5. The summed E-state index contributed by atoms with van der Waals surface area (Å²) in [4.78, 5) is 16.5. The molecule has 6 nitrogen and oxygen atoms in total. The molecule has 122 valence electrons. The van der Waals surface area contributed by atoms with E-state index in [1.54, 1.807) is 26.2 Å². The van der Waals surface area contributed by atoms with Crippen LogP contribution in [0, 0.1) is 6.92 Å². The van der Waals surface area contributed by atoms with Crippen molar-refractivity contribution in [3.63, 3.8) is 0 Å². The molecule has 0 unspecified atom stereocenters. The zero-order valence-electron chi connectivity index (χ0n) is 13.3. The number of amides is 1. The van der Waals surface area contributed by atoms with E-state index in [0.717, 1.165) is 30.6 Å². The fraction of sp³-hybridized carbons (Fsp3) is 0.412. The predicted molar refractivity (Wildman–Crippen MR) is 84.4 cm³/mol. The molecule has 0 saturated heterocycles. The van der Waals surface area contributed by atoms with Gasteiger partial charge in [0.2, 0.25) is 5.89 Å². The number of rotatable bonds is 5. The van der Waals surface area contributed by atoms with Gasteiger partial charge in [0.25, 0.3) is 5.91 Å². The van der Waals surface area contributed by atoms with Gasteiger partial charge in [-0.05, 0) is 50.5 Å². The van der Waals surface area contributed by atoms with E-state index in [1.165, 1.54) is 0 Å². The summed E-state index contributed by atoms with van der Waals surface area (Å²) in [5.74, 6) is 1.25. The van der Waals surface area contributed by atoms with Crippen LogP contribution in [0.4, 0.5) is 0 Å². The summed E-state index contributed by atoms with van der Waals surface area (Å²) in [5.41, 5.74) is 0.260. The average Bonchev–Trinajstić information content (AvgIpc) is 2.93. The van der Waals surface area contributed by atoms with Crippen LogP contribution < -0.4 is 10.1 Å². The Bertz CT molecular complexity index is 702. The van der Waals surface area contributed by atoms with Crippen LogP contribution in [0.15, 0.2) is 28.7 Å². The minimum Gasteiger partial charge on any atom is -0.497 e. The SMILES string of the molecule is COc1ccc(-c2nc(C(=O)NCC3(O)CCC3)c(C)o2)cc1. The first kappa shape index (κ1) is 15.6. The second-order valence-corrected chi connectivity index (χ2v) is 5.91. The number of carbonyl (C=O) groups excluding carboxylic acids is 1. The molecule has 1 aromatic carbocycles. The molecule has 23 heavy (non-hydrogen) atoms. The summed E-state index contributed by atoms with van der Waals surface area (Å²) in [6, 6.07) is 7.26. The third-order valence-corrected chi connectivity index (χ3v) is 4.21. The van der Waals surface area contributed by atoms with E-state index in [1.807, 2.05) is 12.1 Å². The number of methoxy groups -OCH3 is 1. The number of benzene rings is 1. The monoisotopic (exact) mass is 316 g/mol. The number of ether oxygens (including phenoxy) is 1. The van der Waals surface area contributed by atoms with E-state index in [0.29, 0.717) is 11.7 Å². The van der Waals surface area contributed by atoms with Crippen LogP contribution in [-0.2, 0) is 0 Å². The maximum Gasteiger partial charge on any atom is 0.273 e. The molecule has 6 heteroatoms. The number of carbonyl (C=O) groups is 1. The first-order chi connectivity index (χ1) is 11.0. The van der Waals surface area contributed by atoms with E-state index in [4.69, 9.17) is 9.15 Å². The second kappa shape index (κ2) is 6.04. The fourth-order valence-corrected chi connectivity index (χ4v) is 2.55. The minimum atomic E-state index is -0.758. The number of nitrogens with one attached hydrogen (secondary N) is 1. The van der Waals surface area contributed by atoms with Crippen LogP contribution >= 0.6 is 0 Å². The third-order valence-electron chi connectivity index (χ3n) is 4.21. The molecule has 1 fully saturated rings. The molecule has 3 rings (SSSR count). The number of aromatic nitrogens is 1. The lowest BCUT2D eigenvalue weighted by atomic mass is 9.80. The molecule has 1 amide bonds. The number of hydrogen-bond donors (Lipinski definition) is 2. The maximum absolute atomic E-state index is 12.2. The van der Waals surface area contributed by atoms with E-state index in [9.17, 15) is 9.90 Å². The molecule has 0 spiro atoms. The Morgan fingerprint density at radius 1 is 1.39 bits per heavy atom. The van der Waals surface area contributed by atoms with Crippen molar-refractivity contribution in [2.24, 2.45) is 0 Å². The van der Waals surface area contributed by atoms with Gasteiger partial charge in [-0.1, -0.05) is 0 Å². The summed E-state index contributed by atoms with van der Waals surface area (Å²) in [5, 5.41) is 12.8. The van der Waals surface area contributed by atoms with Crippen molar-refractivity contribution < 1.29 is 19.1 Å². The summed E-state index contributed by atoms with van der Waals surface area (Å²) >= 11 is 0. The highest BCUT2D eigenvalue weighted by Crippen LogP contribution is 2.30. The minimum absolute atomic E-state index is 0.246. The van der Waals surface area contributed by atoms with E-state index in [2.05, 4.69) is 10.3 Å². The molecule has 2 N–H and O–H groups in total. The molecule has 1 heterocycles. The molecule has 0 bridgehead atoms. The van der Waals surface area contributed by atoms with Crippen molar-refractivity contribution in [1.82, 2.24) is 10.3 Å². The Kier molecular flexibility index (Phi) is 4.09. The normalized spacial score (nSPS) is 15.8. The lowest BCUT2D eigenvalue weighted by Gasteiger charge is -2.36. The van der Waals surface area contributed by atoms with Gasteiger partial charge in [0.05, 0.1) is 12.7 Å². The largest absolute Gasteiger partial charge is 0.497 e. The Morgan fingerprint density at radius 3 is 2.65 bits per heavy atom. The van der Waals surface area contributed by atoms with Gasteiger partial charge < -0.3 is 19.6 Å². The van der Waals surface area contributed by atoms with Gasteiger partial charge in [-0.3, -0.25) is 4.79 Å². The van der Waals surface area contributed by atoms with Crippen LogP contribution in [0.3, 0.4) is 0 Å². The van der Waals surface area contributed by atoms with Crippen molar-refractivity contribution in [2.75, 3.05) is 13.7 Å². The van der Waals surface area contributed by atoms with Gasteiger partial charge in [0.15, 0.2) is 5.69 Å². The Labute approximate surface area is 134 Å². The molecule has 0 radical (unpaired) electrons. The van der Waals surface area contributed by atoms with Gasteiger partial charge in [0.1, 0.15) is 11.5 Å². The Balaban J connectivity index is 1.73. The van der Waals surface area contributed by atoms with Gasteiger partial charge in [-0.25, -0.2) is 4.98 Å². The zero-order valence-corrected chi connectivity index (χ0v) is 13.3. The molecule has 1 aliphatic rings. The molecule has 1 aliphatic carbocycles. The van der Waals surface area contributed by atoms with Crippen molar-refractivity contribution in [1.29, 1.82) is 0 Å². The van der Waals surface area contributed by atoms with Gasteiger partial charge >= 0.3 is 0 Å². The standard InChI is InChI=1S/C17H20N2O4/c1-11-14(15(20)18-10-17(21)8-3-9-17)19-16(23-11)12-4-6-13(22-2)7-5-12/h4-7,21H,3,8-10H2,1-2H3,(H,18,20). The first-order valence-electron chi connectivity index (χ1n) is 7.63. The summed E-state index contributed by atoms with van der Waals surface area (Å²) in [6.07, 6.45) is 2.45. The topological polar surface area (TPSA) is 84.6 Å².